The van der Waals surface area contributed by atoms with Gasteiger partial charge in [-0.3, -0.25) is 9.78 Å². The van der Waals surface area contributed by atoms with E-state index < -0.39 is 5.41 Å². The van der Waals surface area contributed by atoms with E-state index in [0.29, 0.717) is 19.4 Å². The lowest BCUT2D eigenvalue weighted by molar-refractivity contribution is -0.136. The molecule has 1 saturated carbocycles. The summed E-state index contributed by atoms with van der Waals surface area (Å²) in [6.45, 7) is 1.38. The molecule has 0 spiro atoms. The molecule has 0 aromatic carbocycles. The molecule has 0 bridgehead atoms. The molecule has 110 valence electrons. The van der Waals surface area contributed by atoms with Crippen LogP contribution < -0.4 is 5.32 Å². The summed E-state index contributed by atoms with van der Waals surface area (Å²) in [6.07, 6.45) is 6.70. The summed E-state index contributed by atoms with van der Waals surface area (Å²) in [5, 5.41) is 12.3. The zero-order valence-electron chi connectivity index (χ0n) is 12.2. The molecule has 1 aromatic rings. The van der Waals surface area contributed by atoms with Gasteiger partial charge in [0.05, 0.1) is 11.8 Å². The number of piperidine rings is 1. The molecular weight excluding hydrogens is 266 g/mol. The van der Waals surface area contributed by atoms with E-state index in [1.165, 1.54) is 0 Å². The van der Waals surface area contributed by atoms with Crippen LogP contribution in [0.15, 0.2) is 12.4 Å². The second-order valence-corrected chi connectivity index (χ2v) is 5.82. The van der Waals surface area contributed by atoms with Gasteiger partial charge < -0.3 is 10.2 Å². The Bertz CT molecular complexity index is 590. The van der Waals surface area contributed by atoms with E-state index in [1.807, 2.05) is 11.9 Å². The van der Waals surface area contributed by atoms with Gasteiger partial charge in [-0.2, -0.15) is 5.26 Å². The van der Waals surface area contributed by atoms with E-state index >= 15 is 0 Å². The molecule has 6 nitrogen and oxygen atoms in total. The molecule has 1 aliphatic heterocycles. The van der Waals surface area contributed by atoms with Crippen LogP contribution in [0.2, 0.25) is 0 Å². The van der Waals surface area contributed by atoms with E-state index in [4.69, 9.17) is 0 Å². The fourth-order valence-corrected chi connectivity index (χ4v) is 3.03. The summed E-state index contributed by atoms with van der Waals surface area (Å²) >= 11 is 0. The zero-order valence-corrected chi connectivity index (χ0v) is 12.2. The summed E-state index contributed by atoms with van der Waals surface area (Å²) in [5.41, 5.74) is 0.190. The van der Waals surface area contributed by atoms with Gasteiger partial charge in [-0.25, -0.2) is 4.98 Å². The normalized spacial score (nSPS) is 23.2. The highest BCUT2D eigenvalue weighted by molar-refractivity contribution is 5.88. The van der Waals surface area contributed by atoms with Gasteiger partial charge in [-0.15, -0.1) is 0 Å². The summed E-state index contributed by atoms with van der Waals surface area (Å²) < 4.78 is 0. The zero-order chi connectivity index (χ0) is 14.9. The Hall–Kier alpha value is -2.16. The number of hydrogen-bond acceptors (Lipinski definition) is 5. The summed E-state index contributed by atoms with van der Waals surface area (Å²) in [6, 6.07) is 2.20. The van der Waals surface area contributed by atoms with Gasteiger partial charge >= 0.3 is 0 Å². The average molecular weight is 285 g/mol. The molecule has 0 radical (unpaired) electrons. The third-order valence-corrected chi connectivity index (χ3v) is 4.43. The maximum absolute atomic E-state index is 12.5. The van der Waals surface area contributed by atoms with Crippen molar-refractivity contribution in [2.75, 3.05) is 25.5 Å². The lowest BCUT2D eigenvalue weighted by atomic mass is 9.93. The Balaban J connectivity index is 1.77. The van der Waals surface area contributed by atoms with Crippen LogP contribution in [0.5, 0.6) is 0 Å². The number of nitrogens with one attached hydrogen (secondary N) is 1. The first-order valence-corrected chi connectivity index (χ1v) is 7.39. The number of carbonyl (C=O) groups is 1. The minimum absolute atomic E-state index is 0.00426. The minimum Gasteiger partial charge on any atom is -0.372 e. The third-order valence-electron chi connectivity index (χ3n) is 4.43. The quantitative estimate of drug-likeness (QED) is 0.910. The van der Waals surface area contributed by atoms with Crippen LogP contribution in [0.3, 0.4) is 0 Å². The number of hydrogen-bond donors (Lipinski definition) is 1. The summed E-state index contributed by atoms with van der Waals surface area (Å²) in [4.78, 5) is 23.1. The summed E-state index contributed by atoms with van der Waals surface area (Å²) in [7, 11) is 1.83. The van der Waals surface area contributed by atoms with Crippen LogP contribution in [0.4, 0.5) is 5.82 Å². The van der Waals surface area contributed by atoms with E-state index in [9.17, 15) is 10.1 Å². The molecule has 2 fully saturated rings. The molecule has 1 aliphatic carbocycles. The maximum atomic E-state index is 12.5. The fourth-order valence-electron chi connectivity index (χ4n) is 3.03. The molecule has 3 rings (SSSR count). The van der Waals surface area contributed by atoms with Crippen molar-refractivity contribution >= 4 is 11.7 Å². The number of rotatable bonds is 3. The molecule has 6 heteroatoms. The van der Waals surface area contributed by atoms with E-state index in [0.717, 1.165) is 30.9 Å². The fraction of sp³-hybridized carbons (Fsp3) is 0.600. The van der Waals surface area contributed by atoms with Crippen LogP contribution in [-0.2, 0) is 4.79 Å². The summed E-state index contributed by atoms with van der Waals surface area (Å²) in [5.74, 6) is 0.969. The molecule has 1 amide bonds. The van der Waals surface area contributed by atoms with Crippen molar-refractivity contribution in [1.29, 1.82) is 5.26 Å². The number of nitriles is 1. The van der Waals surface area contributed by atoms with Crippen molar-refractivity contribution in [3.8, 4) is 6.07 Å². The van der Waals surface area contributed by atoms with Crippen molar-refractivity contribution in [2.45, 2.75) is 31.6 Å². The first kappa shape index (κ1) is 13.8. The van der Waals surface area contributed by atoms with Crippen molar-refractivity contribution < 1.29 is 4.79 Å². The Morgan fingerprint density at radius 3 is 2.90 bits per heavy atom. The Labute approximate surface area is 124 Å². The first-order valence-electron chi connectivity index (χ1n) is 7.39. The van der Waals surface area contributed by atoms with E-state index in [2.05, 4.69) is 21.4 Å². The highest BCUT2D eigenvalue weighted by atomic mass is 16.2. The highest BCUT2D eigenvalue weighted by Gasteiger charge is 2.53. The van der Waals surface area contributed by atoms with Crippen LogP contribution in [0.1, 0.15) is 37.3 Å². The Kier molecular flexibility index (Phi) is 3.50. The molecular formula is C15H19N5O. The molecule has 1 atom stereocenters. The van der Waals surface area contributed by atoms with Crippen molar-refractivity contribution in [1.82, 2.24) is 14.9 Å². The largest absolute Gasteiger partial charge is 0.372 e. The monoisotopic (exact) mass is 285 g/mol. The molecule has 1 aromatic heterocycles. The topological polar surface area (TPSA) is 81.9 Å². The number of likely N-dealkylation sites (tertiary alicyclic amines) is 1. The Morgan fingerprint density at radius 2 is 2.24 bits per heavy atom. The second kappa shape index (κ2) is 5.32. The van der Waals surface area contributed by atoms with Gasteiger partial charge in [0.15, 0.2) is 0 Å². The number of nitrogens with zero attached hydrogens (tertiary/aromatic N) is 4. The first-order chi connectivity index (χ1) is 10.2. The van der Waals surface area contributed by atoms with Gasteiger partial charge in [0.2, 0.25) is 5.91 Å². The van der Waals surface area contributed by atoms with Gasteiger partial charge in [0.25, 0.3) is 0 Å². The maximum Gasteiger partial charge on any atom is 0.243 e. The Morgan fingerprint density at radius 1 is 1.48 bits per heavy atom. The standard InChI is InChI=1S/C15H19N5O/c1-17-13-12(18-6-7-19-13)11-3-2-8-20(9-11)14(21)15(10-16)4-5-15/h6-7,11H,2-5,8-9H2,1H3,(H,17,19). The highest BCUT2D eigenvalue weighted by Crippen LogP contribution is 2.47. The van der Waals surface area contributed by atoms with Gasteiger partial charge in [0, 0.05) is 38.4 Å². The predicted octanol–water partition coefficient (Wildman–Crippen LogP) is 1.53. The molecule has 1 saturated heterocycles. The van der Waals surface area contributed by atoms with Gasteiger partial charge in [-0.1, -0.05) is 0 Å². The van der Waals surface area contributed by atoms with E-state index in [1.54, 1.807) is 12.4 Å². The van der Waals surface area contributed by atoms with E-state index in [-0.39, 0.29) is 11.8 Å². The van der Waals surface area contributed by atoms with Crippen LogP contribution in [-0.4, -0.2) is 40.9 Å². The second-order valence-electron chi connectivity index (χ2n) is 5.82. The number of amides is 1. The van der Waals surface area contributed by atoms with Crippen LogP contribution in [0, 0.1) is 16.7 Å². The van der Waals surface area contributed by atoms with Crippen molar-refractivity contribution in [3.05, 3.63) is 18.1 Å². The van der Waals surface area contributed by atoms with Crippen molar-refractivity contribution in [3.63, 3.8) is 0 Å². The smallest absolute Gasteiger partial charge is 0.243 e. The third kappa shape index (κ3) is 2.44. The number of anilines is 1. The molecule has 21 heavy (non-hydrogen) atoms. The predicted molar refractivity (Wildman–Crippen MR) is 77.4 cm³/mol. The molecule has 2 aliphatic rings. The van der Waals surface area contributed by atoms with Crippen molar-refractivity contribution in [2.24, 2.45) is 5.41 Å². The minimum atomic E-state index is -0.726. The van der Waals surface area contributed by atoms with Gasteiger partial charge in [-0.05, 0) is 25.7 Å². The molecule has 1 unspecified atom stereocenters. The van der Waals surface area contributed by atoms with Crippen LogP contribution in [0.25, 0.3) is 0 Å². The van der Waals surface area contributed by atoms with Gasteiger partial charge in [0.1, 0.15) is 11.2 Å². The molecule has 2 heterocycles. The van der Waals surface area contributed by atoms with Crippen LogP contribution >= 0.6 is 0 Å². The number of carbonyl (C=O) groups excluding carboxylic acids is 1. The number of aromatic nitrogens is 2. The lowest BCUT2D eigenvalue weighted by Gasteiger charge is -2.34. The molecule has 1 N–H and O–H groups in total. The lowest BCUT2D eigenvalue weighted by Crippen LogP contribution is -2.43. The SMILES string of the molecule is CNc1nccnc1C1CCCN(C(=O)C2(C#N)CC2)C1. The average Bonchev–Trinajstić information content (AvgIpc) is 3.35.